The van der Waals surface area contributed by atoms with Gasteiger partial charge in [0.15, 0.2) is 0 Å². The molecule has 0 aliphatic carbocycles. The van der Waals surface area contributed by atoms with Crippen molar-refractivity contribution in [2.24, 2.45) is 0 Å². The number of piperidine rings is 1. The van der Waals surface area contributed by atoms with Gasteiger partial charge < -0.3 is 4.90 Å². The minimum Gasteiger partial charge on any atom is -0.303 e. The van der Waals surface area contributed by atoms with Crippen LogP contribution < -0.4 is 0 Å². The van der Waals surface area contributed by atoms with E-state index in [0.29, 0.717) is 5.56 Å². The summed E-state index contributed by atoms with van der Waals surface area (Å²) in [5, 5.41) is 17.3. The van der Waals surface area contributed by atoms with Gasteiger partial charge in [-0.2, -0.15) is 10.4 Å². The zero-order chi connectivity index (χ0) is 22.5. The number of likely N-dealkylation sites (tertiary alicyclic amines) is 1. The van der Waals surface area contributed by atoms with E-state index in [1.807, 2.05) is 24.3 Å². The Morgan fingerprint density at radius 3 is 2.33 bits per heavy atom. The molecule has 0 amide bonds. The van der Waals surface area contributed by atoms with Gasteiger partial charge >= 0.3 is 0 Å². The van der Waals surface area contributed by atoms with Crippen molar-refractivity contribution >= 4 is 0 Å². The molecule has 0 radical (unpaired) electrons. The second-order valence-corrected chi connectivity index (χ2v) is 8.88. The van der Waals surface area contributed by atoms with Crippen LogP contribution in [-0.4, -0.2) is 34.7 Å². The molecular weight excluding hydrogens is 404 g/mol. The Morgan fingerprint density at radius 1 is 0.879 bits per heavy atom. The van der Waals surface area contributed by atoms with Crippen molar-refractivity contribution in [2.45, 2.75) is 24.7 Å². The predicted molar refractivity (Wildman–Crippen MR) is 132 cm³/mol. The molecule has 3 aromatic carbocycles. The SMILES string of the molecule is N#Cc1cccc(-c2cc(C3(c4ccccc4)CCN(CCc4ccccc4)CC3)[nH]n2)c1. The van der Waals surface area contributed by atoms with Crippen molar-refractivity contribution in [1.29, 1.82) is 5.26 Å². The third-order valence-corrected chi connectivity index (χ3v) is 6.98. The van der Waals surface area contributed by atoms with Crippen LogP contribution in [0.1, 0.15) is 35.2 Å². The van der Waals surface area contributed by atoms with Crippen molar-refractivity contribution < 1.29 is 0 Å². The summed E-state index contributed by atoms with van der Waals surface area (Å²) >= 11 is 0. The zero-order valence-corrected chi connectivity index (χ0v) is 18.7. The van der Waals surface area contributed by atoms with Gasteiger partial charge in [-0.05, 0) is 61.7 Å². The number of nitrogens with zero attached hydrogens (tertiary/aromatic N) is 3. The van der Waals surface area contributed by atoms with Crippen LogP contribution in [0, 0.1) is 11.3 Å². The number of H-pyrrole nitrogens is 1. The second kappa shape index (κ2) is 9.44. The molecule has 0 spiro atoms. The molecule has 4 aromatic rings. The fraction of sp³-hybridized carbons (Fsp3) is 0.241. The fourth-order valence-corrected chi connectivity index (χ4v) is 5.02. The highest BCUT2D eigenvalue weighted by atomic mass is 15.2. The molecule has 1 aliphatic heterocycles. The van der Waals surface area contributed by atoms with Crippen LogP contribution in [0.25, 0.3) is 11.3 Å². The Balaban J connectivity index is 1.39. The Bertz CT molecular complexity index is 1230. The highest BCUT2D eigenvalue weighted by molar-refractivity contribution is 5.62. The van der Waals surface area contributed by atoms with E-state index >= 15 is 0 Å². The van der Waals surface area contributed by atoms with E-state index in [1.54, 1.807) is 0 Å². The van der Waals surface area contributed by atoms with Crippen LogP contribution in [0.4, 0.5) is 0 Å². The summed E-state index contributed by atoms with van der Waals surface area (Å²) < 4.78 is 0. The number of rotatable bonds is 6. The summed E-state index contributed by atoms with van der Waals surface area (Å²) in [5.74, 6) is 0. The number of hydrogen-bond acceptors (Lipinski definition) is 3. The molecule has 164 valence electrons. The molecule has 4 heteroatoms. The molecule has 0 unspecified atom stereocenters. The van der Waals surface area contributed by atoms with Crippen LogP contribution in [0.15, 0.2) is 91.0 Å². The van der Waals surface area contributed by atoms with E-state index < -0.39 is 0 Å². The van der Waals surface area contributed by atoms with Gasteiger partial charge in [0, 0.05) is 23.2 Å². The van der Waals surface area contributed by atoms with Crippen LogP contribution in [-0.2, 0) is 11.8 Å². The number of nitriles is 1. The molecule has 1 fully saturated rings. The van der Waals surface area contributed by atoms with Gasteiger partial charge in [-0.25, -0.2) is 0 Å². The lowest BCUT2D eigenvalue weighted by atomic mass is 9.70. The third-order valence-electron chi connectivity index (χ3n) is 6.98. The number of aromatic nitrogens is 2. The normalized spacial score (nSPS) is 15.7. The maximum Gasteiger partial charge on any atom is 0.0991 e. The maximum atomic E-state index is 9.27. The van der Waals surface area contributed by atoms with Crippen LogP contribution >= 0.6 is 0 Å². The molecule has 4 nitrogen and oxygen atoms in total. The van der Waals surface area contributed by atoms with Crippen LogP contribution in [0.5, 0.6) is 0 Å². The first-order valence-corrected chi connectivity index (χ1v) is 11.7. The van der Waals surface area contributed by atoms with Crippen molar-refractivity contribution in [3.63, 3.8) is 0 Å². The van der Waals surface area contributed by atoms with Crippen molar-refractivity contribution in [2.75, 3.05) is 19.6 Å². The number of benzene rings is 3. The summed E-state index contributed by atoms with van der Waals surface area (Å²) in [5.41, 5.74) is 6.34. The monoisotopic (exact) mass is 432 g/mol. The predicted octanol–water partition coefficient (Wildman–Crippen LogP) is 5.57. The summed E-state index contributed by atoms with van der Waals surface area (Å²) in [6.07, 6.45) is 3.18. The molecule has 0 atom stereocenters. The Kier molecular flexibility index (Phi) is 6.06. The van der Waals surface area contributed by atoms with Crippen molar-refractivity contribution in [1.82, 2.24) is 15.1 Å². The number of aromatic amines is 1. The molecule has 0 saturated carbocycles. The first-order valence-electron chi connectivity index (χ1n) is 11.7. The van der Waals surface area contributed by atoms with E-state index in [-0.39, 0.29) is 5.41 Å². The number of nitrogens with one attached hydrogen (secondary N) is 1. The van der Waals surface area contributed by atoms with E-state index in [0.717, 1.165) is 55.8 Å². The first kappa shape index (κ1) is 21.2. The minimum atomic E-state index is -0.0808. The highest BCUT2D eigenvalue weighted by Crippen LogP contribution is 2.41. The van der Waals surface area contributed by atoms with Gasteiger partial charge in [-0.15, -0.1) is 0 Å². The quantitative estimate of drug-likeness (QED) is 0.433. The molecule has 1 N–H and O–H groups in total. The van der Waals surface area contributed by atoms with Crippen LogP contribution in [0.2, 0.25) is 0 Å². The molecule has 0 bridgehead atoms. The van der Waals surface area contributed by atoms with E-state index in [4.69, 9.17) is 0 Å². The first-order chi connectivity index (χ1) is 16.3. The Morgan fingerprint density at radius 2 is 1.61 bits per heavy atom. The van der Waals surface area contributed by atoms with E-state index in [9.17, 15) is 5.26 Å². The van der Waals surface area contributed by atoms with Crippen molar-refractivity contribution in [3.8, 4) is 17.3 Å². The second-order valence-electron chi connectivity index (χ2n) is 8.88. The molecule has 1 saturated heterocycles. The summed E-state index contributed by atoms with van der Waals surface area (Å²) in [6, 6.07) is 33.7. The Hall–Kier alpha value is -3.68. The van der Waals surface area contributed by atoms with Crippen LogP contribution in [0.3, 0.4) is 0 Å². The van der Waals surface area contributed by atoms with Gasteiger partial charge in [-0.1, -0.05) is 72.8 Å². The lowest BCUT2D eigenvalue weighted by Crippen LogP contribution is -2.44. The summed E-state index contributed by atoms with van der Waals surface area (Å²) in [6.45, 7) is 3.20. The lowest BCUT2D eigenvalue weighted by Gasteiger charge is -2.41. The van der Waals surface area contributed by atoms with Gasteiger partial charge in [0.1, 0.15) is 0 Å². The standard InChI is InChI=1S/C29H28N4/c30-22-24-10-7-11-25(20-24)27-21-28(32-31-27)29(26-12-5-2-6-13-26)15-18-33(19-16-29)17-14-23-8-3-1-4-9-23/h1-13,20-21H,14-19H2,(H,31,32). The fourth-order valence-electron chi connectivity index (χ4n) is 5.02. The molecule has 5 rings (SSSR count). The zero-order valence-electron chi connectivity index (χ0n) is 18.7. The number of hydrogen-bond donors (Lipinski definition) is 1. The Labute approximate surface area is 195 Å². The molecule has 2 heterocycles. The average Bonchev–Trinajstić information content (AvgIpc) is 3.40. The van der Waals surface area contributed by atoms with E-state index in [1.165, 1.54) is 11.1 Å². The van der Waals surface area contributed by atoms with Gasteiger partial charge in [0.25, 0.3) is 0 Å². The average molecular weight is 433 g/mol. The minimum absolute atomic E-state index is 0.0808. The molecule has 1 aromatic heterocycles. The van der Waals surface area contributed by atoms with E-state index in [2.05, 4.69) is 87.9 Å². The van der Waals surface area contributed by atoms with Gasteiger partial charge in [-0.3, -0.25) is 5.10 Å². The van der Waals surface area contributed by atoms with Gasteiger partial charge in [0.2, 0.25) is 0 Å². The van der Waals surface area contributed by atoms with Crippen molar-refractivity contribution in [3.05, 3.63) is 113 Å². The smallest absolute Gasteiger partial charge is 0.0991 e. The molecular formula is C29H28N4. The summed E-state index contributed by atoms with van der Waals surface area (Å²) in [7, 11) is 0. The lowest BCUT2D eigenvalue weighted by molar-refractivity contribution is 0.178. The van der Waals surface area contributed by atoms with Gasteiger partial charge in [0.05, 0.1) is 17.3 Å². The summed E-state index contributed by atoms with van der Waals surface area (Å²) in [4.78, 5) is 2.59. The molecule has 1 aliphatic rings. The maximum absolute atomic E-state index is 9.27. The largest absolute Gasteiger partial charge is 0.303 e. The third kappa shape index (κ3) is 4.46. The highest BCUT2D eigenvalue weighted by Gasteiger charge is 2.39. The molecule has 33 heavy (non-hydrogen) atoms. The topological polar surface area (TPSA) is 55.7 Å².